The first-order valence-electron chi connectivity index (χ1n) is 6.92. The topological polar surface area (TPSA) is 50.1 Å². The smallest absolute Gasteiger partial charge is 0.376 e. The van der Waals surface area contributed by atoms with Gasteiger partial charge in [-0.1, -0.05) is 0 Å². The van der Waals surface area contributed by atoms with Crippen LogP contribution in [0.5, 0.6) is 11.5 Å². The van der Waals surface area contributed by atoms with Crippen molar-refractivity contribution in [2.45, 2.75) is 18.8 Å². The van der Waals surface area contributed by atoms with Crippen molar-refractivity contribution < 1.29 is 31.5 Å². The lowest BCUT2D eigenvalue weighted by molar-refractivity contribution is -0.176. The lowest BCUT2D eigenvalue weighted by Gasteiger charge is -2.17. The monoisotopic (exact) mass is 353 g/mol. The van der Waals surface area contributed by atoms with Crippen LogP contribution in [0.4, 0.5) is 22.0 Å². The van der Waals surface area contributed by atoms with Crippen LogP contribution >= 0.6 is 0 Å². The molecule has 2 aromatic rings. The number of Topliss-reactive ketones (excluding diaryl/α,β-unsaturated/α-hetero) is 1. The number of ketones is 1. The molecule has 0 unspecified atom stereocenters. The van der Waals surface area contributed by atoms with Crippen molar-refractivity contribution in [2.75, 3.05) is 0 Å². The van der Waals surface area contributed by atoms with E-state index in [2.05, 4.69) is 0 Å². The van der Waals surface area contributed by atoms with Crippen molar-refractivity contribution in [1.29, 1.82) is 5.26 Å². The van der Waals surface area contributed by atoms with Crippen LogP contribution in [0.3, 0.4) is 0 Å². The molecule has 0 bridgehead atoms. The Kier molecular flexibility index (Phi) is 3.56. The van der Waals surface area contributed by atoms with Gasteiger partial charge in [-0.2, -0.15) is 22.8 Å². The Bertz CT molecular complexity index is 947. The number of carbonyl (C=O) groups is 1. The Morgan fingerprint density at radius 3 is 2.40 bits per heavy atom. The summed E-state index contributed by atoms with van der Waals surface area (Å²) in [5.74, 6) is -12.5. The third-order valence-electron chi connectivity index (χ3n) is 3.89. The van der Waals surface area contributed by atoms with Gasteiger partial charge in [0.1, 0.15) is 17.3 Å². The van der Waals surface area contributed by atoms with Gasteiger partial charge in [0.2, 0.25) is 5.78 Å². The number of nitriles is 1. The quantitative estimate of drug-likeness (QED) is 0.734. The molecule has 0 spiro atoms. The zero-order valence-electron chi connectivity index (χ0n) is 12.5. The molecule has 0 saturated heterocycles. The number of hydrogen-bond donors (Lipinski definition) is 0. The molecule has 1 aliphatic rings. The summed E-state index contributed by atoms with van der Waals surface area (Å²) < 4.78 is 73.4. The molecule has 3 nitrogen and oxygen atoms in total. The van der Waals surface area contributed by atoms with Gasteiger partial charge >= 0.3 is 11.8 Å². The van der Waals surface area contributed by atoms with Crippen LogP contribution in [-0.4, -0.2) is 11.7 Å². The molecule has 1 aliphatic carbocycles. The van der Waals surface area contributed by atoms with Crippen molar-refractivity contribution in [3.63, 3.8) is 0 Å². The predicted octanol–water partition coefficient (Wildman–Crippen LogP) is 4.72. The van der Waals surface area contributed by atoms with Crippen LogP contribution in [0.2, 0.25) is 0 Å². The Morgan fingerprint density at radius 2 is 1.76 bits per heavy atom. The van der Waals surface area contributed by atoms with Crippen LogP contribution in [0.1, 0.15) is 27.0 Å². The van der Waals surface area contributed by atoms with Gasteiger partial charge in [0.05, 0.1) is 11.6 Å². The molecule has 8 heteroatoms. The molecule has 0 amide bonds. The van der Waals surface area contributed by atoms with E-state index in [1.165, 1.54) is 13.0 Å². The molecule has 25 heavy (non-hydrogen) atoms. The summed E-state index contributed by atoms with van der Waals surface area (Å²) in [5, 5.41) is 8.80. The van der Waals surface area contributed by atoms with E-state index in [9.17, 15) is 26.7 Å². The predicted molar refractivity (Wildman–Crippen MR) is 75.5 cm³/mol. The van der Waals surface area contributed by atoms with Gasteiger partial charge in [0.15, 0.2) is 0 Å². The molecule has 3 rings (SSSR count). The molecule has 0 heterocycles. The summed E-state index contributed by atoms with van der Waals surface area (Å²) in [7, 11) is 0. The summed E-state index contributed by atoms with van der Waals surface area (Å²) in [6.07, 6.45) is 0. The maximum atomic E-state index is 13.8. The average Bonchev–Trinajstić information content (AvgIpc) is 2.67. The Balaban J connectivity index is 2.09. The Morgan fingerprint density at radius 1 is 1.08 bits per heavy atom. The normalized spacial score (nSPS) is 17.1. The van der Waals surface area contributed by atoms with Gasteiger partial charge in [0, 0.05) is 22.8 Å². The van der Waals surface area contributed by atoms with Crippen LogP contribution in [0, 0.1) is 24.1 Å². The number of hydrogen-bond acceptors (Lipinski definition) is 3. The molecule has 0 atom stereocenters. The van der Waals surface area contributed by atoms with Crippen LogP contribution in [0.25, 0.3) is 0 Å². The molecular formula is C17H8F5NO2. The number of halogens is 5. The van der Waals surface area contributed by atoms with E-state index < -0.39 is 34.6 Å². The summed E-state index contributed by atoms with van der Waals surface area (Å²) >= 11 is 0. The first-order chi connectivity index (χ1) is 11.6. The second-order valence-electron chi connectivity index (χ2n) is 5.48. The highest BCUT2D eigenvalue weighted by atomic mass is 19.3. The Labute approximate surface area is 138 Å². The van der Waals surface area contributed by atoms with Gasteiger partial charge in [-0.05, 0) is 31.2 Å². The van der Waals surface area contributed by atoms with Crippen molar-refractivity contribution in [3.8, 4) is 17.6 Å². The zero-order chi connectivity index (χ0) is 18.6. The van der Waals surface area contributed by atoms with Gasteiger partial charge in [0.25, 0.3) is 0 Å². The maximum absolute atomic E-state index is 13.8. The number of ether oxygens (including phenoxy) is 1. The number of nitrogens with zero attached hydrogens (tertiary/aromatic N) is 1. The Hall–Kier alpha value is -2.95. The summed E-state index contributed by atoms with van der Waals surface area (Å²) in [4.78, 5) is 11.7. The molecular weight excluding hydrogens is 345 g/mol. The number of benzene rings is 2. The van der Waals surface area contributed by atoms with E-state index in [0.29, 0.717) is 6.07 Å². The molecule has 128 valence electrons. The minimum absolute atomic E-state index is 0.0528. The molecule has 0 fully saturated rings. The minimum atomic E-state index is -4.84. The highest BCUT2D eigenvalue weighted by Gasteiger charge is 2.69. The summed E-state index contributed by atoms with van der Waals surface area (Å²) in [5.41, 5.74) is -2.17. The van der Waals surface area contributed by atoms with Crippen LogP contribution in [-0.2, 0) is 5.92 Å². The molecule has 0 radical (unpaired) electrons. The van der Waals surface area contributed by atoms with E-state index in [1.54, 1.807) is 6.07 Å². The zero-order valence-corrected chi connectivity index (χ0v) is 12.5. The van der Waals surface area contributed by atoms with E-state index >= 15 is 0 Å². The SMILES string of the molecule is Cc1c(Oc2cc(F)cc(C#N)c2)ccc2c1C(=O)C(F)(F)C2(F)F. The van der Waals surface area contributed by atoms with Gasteiger partial charge in [-0.15, -0.1) is 0 Å². The first kappa shape index (κ1) is 16.9. The highest BCUT2D eigenvalue weighted by molar-refractivity contribution is 6.08. The van der Waals surface area contributed by atoms with Crippen LogP contribution in [0.15, 0.2) is 30.3 Å². The number of fused-ring (bicyclic) bond motifs is 1. The highest BCUT2D eigenvalue weighted by Crippen LogP contribution is 2.53. The molecule has 2 aromatic carbocycles. The van der Waals surface area contributed by atoms with E-state index in [4.69, 9.17) is 10.00 Å². The minimum Gasteiger partial charge on any atom is -0.457 e. The number of rotatable bonds is 2. The van der Waals surface area contributed by atoms with E-state index in [1.807, 2.05) is 0 Å². The lowest BCUT2D eigenvalue weighted by Crippen LogP contribution is -2.38. The fourth-order valence-corrected chi connectivity index (χ4v) is 2.64. The lowest BCUT2D eigenvalue weighted by atomic mass is 10.0. The fourth-order valence-electron chi connectivity index (χ4n) is 2.64. The second kappa shape index (κ2) is 5.28. The largest absolute Gasteiger partial charge is 0.457 e. The van der Waals surface area contributed by atoms with E-state index in [-0.39, 0.29) is 22.6 Å². The van der Waals surface area contributed by atoms with Gasteiger partial charge < -0.3 is 4.74 Å². The van der Waals surface area contributed by atoms with Gasteiger partial charge in [-0.25, -0.2) is 4.39 Å². The second-order valence-corrected chi connectivity index (χ2v) is 5.48. The number of carbonyl (C=O) groups excluding carboxylic acids is 1. The summed E-state index contributed by atoms with van der Waals surface area (Å²) in [6, 6.07) is 6.44. The molecule has 0 aromatic heterocycles. The molecule has 0 aliphatic heterocycles. The summed E-state index contributed by atoms with van der Waals surface area (Å²) in [6.45, 7) is 1.17. The fraction of sp³-hybridized carbons (Fsp3) is 0.176. The van der Waals surface area contributed by atoms with Crippen LogP contribution < -0.4 is 4.74 Å². The standard InChI is InChI=1S/C17H8F5NO2/c1-8-13(25-11-5-9(7-23)4-10(18)6-11)3-2-12-14(8)15(24)17(21,22)16(12,19)20/h2-6H,1H3. The molecule has 0 saturated carbocycles. The van der Waals surface area contributed by atoms with Crippen molar-refractivity contribution >= 4 is 5.78 Å². The van der Waals surface area contributed by atoms with Crippen molar-refractivity contribution in [2.24, 2.45) is 0 Å². The maximum Gasteiger partial charge on any atom is 0.376 e. The van der Waals surface area contributed by atoms with Crippen molar-refractivity contribution in [1.82, 2.24) is 0 Å². The first-order valence-corrected chi connectivity index (χ1v) is 6.92. The average molecular weight is 353 g/mol. The number of alkyl halides is 4. The van der Waals surface area contributed by atoms with E-state index in [0.717, 1.165) is 18.2 Å². The molecule has 0 N–H and O–H groups in total. The van der Waals surface area contributed by atoms with Gasteiger partial charge in [-0.3, -0.25) is 4.79 Å². The third-order valence-corrected chi connectivity index (χ3v) is 3.89. The van der Waals surface area contributed by atoms with Crippen molar-refractivity contribution in [3.05, 3.63) is 58.4 Å². The third kappa shape index (κ3) is 2.35.